The number of anilines is 1. The lowest BCUT2D eigenvalue weighted by molar-refractivity contribution is -0.137. The minimum Gasteiger partial charge on any atom is -0.488 e. The highest BCUT2D eigenvalue weighted by Crippen LogP contribution is 2.32. The molecule has 0 bridgehead atoms. The Morgan fingerprint density at radius 1 is 1.25 bits per heavy atom. The largest absolute Gasteiger partial charge is 0.488 e. The number of hydrogen-bond donors (Lipinski definition) is 2. The Hall–Kier alpha value is -3.14. The van der Waals surface area contributed by atoms with Crippen LogP contribution < -0.4 is 10.1 Å². The van der Waals surface area contributed by atoms with Gasteiger partial charge in [0, 0.05) is 32.0 Å². The van der Waals surface area contributed by atoms with Gasteiger partial charge in [0.1, 0.15) is 34.7 Å². The molecule has 3 rings (SSSR count). The van der Waals surface area contributed by atoms with E-state index in [4.69, 9.17) is 14.6 Å². The number of nitrogens with zero attached hydrogens (tertiary/aromatic N) is 2. The van der Waals surface area contributed by atoms with Gasteiger partial charge in [0.2, 0.25) is 0 Å². The summed E-state index contributed by atoms with van der Waals surface area (Å²) in [6, 6.07) is 4.27. The molecule has 1 fully saturated rings. The van der Waals surface area contributed by atoms with Crippen LogP contribution in [0.15, 0.2) is 30.0 Å². The second-order valence-electron chi connectivity index (χ2n) is 8.60. The van der Waals surface area contributed by atoms with Crippen LogP contribution in [0.5, 0.6) is 5.75 Å². The van der Waals surface area contributed by atoms with Crippen LogP contribution in [-0.4, -0.2) is 70.8 Å². The fourth-order valence-corrected chi connectivity index (χ4v) is 3.43. The van der Waals surface area contributed by atoms with E-state index in [1.807, 2.05) is 0 Å². The molecule has 0 atom stereocenters. The number of imide groups is 1. The Labute approximate surface area is 185 Å². The first kappa shape index (κ1) is 23.5. The average molecular weight is 449 g/mol. The van der Waals surface area contributed by atoms with E-state index in [0.717, 1.165) is 11.0 Å². The summed E-state index contributed by atoms with van der Waals surface area (Å²) in [5.41, 5.74) is -0.731. The molecule has 0 unspecified atom stereocenters. The monoisotopic (exact) mass is 449 g/mol. The number of nitrogens with one attached hydrogen (secondary N) is 1. The maximum Gasteiger partial charge on any atom is 0.410 e. The van der Waals surface area contributed by atoms with Gasteiger partial charge in [-0.1, -0.05) is 6.07 Å². The molecule has 9 nitrogen and oxygen atoms in total. The highest BCUT2D eigenvalue weighted by atomic mass is 19.1. The smallest absolute Gasteiger partial charge is 0.410 e. The van der Waals surface area contributed by atoms with Crippen LogP contribution in [0.1, 0.15) is 33.6 Å². The van der Waals surface area contributed by atoms with Crippen molar-refractivity contribution in [1.29, 1.82) is 0 Å². The molecule has 0 spiro atoms. The molecule has 2 aliphatic rings. The molecular formula is C22H28FN3O6. The van der Waals surface area contributed by atoms with Crippen molar-refractivity contribution in [2.45, 2.75) is 45.3 Å². The molecule has 10 heteroatoms. The van der Waals surface area contributed by atoms with Gasteiger partial charge in [0.05, 0.1) is 13.2 Å². The van der Waals surface area contributed by atoms with E-state index in [0.29, 0.717) is 25.9 Å². The number of rotatable bonds is 6. The van der Waals surface area contributed by atoms with Gasteiger partial charge in [0.25, 0.3) is 11.8 Å². The van der Waals surface area contributed by atoms with E-state index in [9.17, 15) is 18.8 Å². The fraction of sp³-hybridized carbons (Fsp3) is 0.500. The molecule has 32 heavy (non-hydrogen) atoms. The van der Waals surface area contributed by atoms with Crippen LogP contribution in [0, 0.1) is 5.82 Å². The summed E-state index contributed by atoms with van der Waals surface area (Å²) < 4.78 is 25.9. The second kappa shape index (κ2) is 9.56. The Morgan fingerprint density at radius 3 is 2.56 bits per heavy atom. The SMILES string of the molecule is CC(C)(C)OC(=O)N1CCC(Oc2cccc(F)c2NC2=CC(=O)N(CCO)C2=O)CC1. The van der Waals surface area contributed by atoms with Crippen molar-refractivity contribution in [3.63, 3.8) is 0 Å². The summed E-state index contributed by atoms with van der Waals surface area (Å²) in [5, 5.41) is 11.7. The van der Waals surface area contributed by atoms with Gasteiger partial charge in [-0.3, -0.25) is 14.5 Å². The third-order valence-corrected chi connectivity index (χ3v) is 4.96. The number of β-amino-alcohol motifs (C(OH)–C–C–N with tert-alkyl or cyclic N) is 1. The quantitative estimate of drug-likeness (QED) is 0.642. The van der Waals surface area contributed by atoms with Gasteiger partial charge in [-0.05, 0) is 32.9 Å². The predicted molar refractivity (Wildman–Crippen MR) is 113 cm³/mol. The van der Waals surface area contributed by atoms with Gasteiger partial charge in [-0.2, -0.15) is 0 Å². The van der Waals surface area contributed by atoms with Crippen molar-refractivity contribution >= 4 is 23.6 Å². The molecule has 0 aromatic heterocycles. The Morgan fingerprint density at radius 2 is 1.94 bits per heavy atom. The molecule has 0 saturated carbocycles. The lowest BCUT2D eigenvalue weighted by Crippen LogP contribution is -2.44. The predicted octanol–water partition coefficient (Wildman–Crippen LogP) is 2.26. The topological polar surface area (TPSA) is 108 Å². The van der Waals surface area contributed by atoms with Crippen molar-refractivity contribution < 1.29 is 33.4 Å². The molecule has 0 aliphatic carbocycles. The minimum atomic E-state index is -0.649. The van der Waals surface area contributed by atoms with Crippen LogP contribution in [0.4, 0.5) is 14.9 Å². The molecule has 3 amide bonds. The van der Waals surface area contributed by atoms with Crippen molar-refractivity contribution in [3.05, 3.63) is 35.8 Å². The second-order valence-corrected chi connectivity index (χ2v) is 8.60. The summed E-state index contributed by atoms with van der Waals surface area (Å²) in [4.78, 5) is 39.0. The number of carbonyl (C=O) groups is 3. The van der Waals surface area contributed by atoms with Gasteiger partial charge < -0.3 is 24.8 Å². The fourth-order valence-electron chi connectivity index (χ4n) is 3.43. The molecule has 2 heterocycles. The van der Waals surface area contributed by atoms with Crippen molar-refractivity contribution in [2.24, 2.45) is 0 Å². The zero-order valence-electron chi connectivity index (χ0n) is 18.4. The summed E-state index contributed by atoms with van der Waals surface area (Å²) in [6.45, 7) is 5.78. The zero-order chi connectivity index (χ0) is 23.5. The molecule has 0 radical (unpaired) electrons. The van der Waals surface area contributed by atoms with E-state index >= 15 is 0 Å². The van der Waals surface area contributed by atoms with Crippen LogP contribution in [0.25, 0.3) is 0 Å². The first-order valence-corrected chi connectivity index (χ1v) is 10.5. The standard InChI is InChI=1S/C22H28FN3O6/c1-22(2,3)32-21(30)25-9-7-14(8-10-25)31-17-6-4-5-15(23)19(17)24-16-13-18(28)26(11-12-27)20(16)29/h4-6,13-14,24,27H,7-12H2,1-3H3. The number of aliphatic hydroxyl groups is 1. The average Bonchev–Trinajstić information content (AvgIpc) is 2.97. The number of amides is 3. The number of ether oxygens (including phenoxy) is 2. The number of likely N-dealkylation sites (tertiary alicyclic amines) is 1. The van der Waals surface area contributed by atoms with Gasteiger partial charge in [-0.15, -0.1) is 0 Å². The molecule has 1 aromatic rings. The van der Waals surface area contributed by atoms with Crippen molar-refractivity contribution in [1.82, 2.24) is 9.80 Å². The van der Waals surface area contributed by atoms with E-state index in [1.54, 1.807) is 31.7 Å². The molecule has 1 saturated heterocycles. The number of piperidine rings is 1. The summed E-state index contributed by atoms with van der Waals surface area (Å²) in [5.74, 6) is -1.68. The van der Waals surface area contributed by atoms with Crippen LogP contribution in [-0.2, 0) is 14.3 Å². The third-order valence-electron chi connectivity index (χ3n) is 4.96. The Balaban J connectivity index is 1.65. The maximum atomic E-state index is 14.6. The maximum absolute atomic E-state index is 14.6. The number of benzene rings is 1. The van der Waals surface area contributed by atoms with E-state index in [-0.39, 0.29) is 42.5 Å². The Kier molecular flexibility index (Phi) is 7.02. The highest BCUT2D eigenvalue weighted by Gasteiger charge is 2.32. The number of halogens is 1. The van der Waals surface area contributed by atoms with Crippen LogP contribution in [0.2, 0.25) is 0 Å². The zero-order valence-corrected chi connectivity index (χ0v) is 18.4. The lowest BCUT2D eigenvalue weighted by Gasteiger charge is -2.33. The third kappa shape index (κ3) is 5.56. The molecule has 2 N–H and O–H groups in total. The Bertz CT molecular complexity index is 919. The first-order chi connectivity index (χ1) is 15.1. The summed E-state index contributed by atoms with van der Waals surface area (Å²) in [7, 11) is 0. The highest BCUT2D eigenvalue weighted by molar-refractivity contribution is 6.17. The van der Waals surface area contributed by atoms with E-state index < -0.39 is 23.2 Å². The summed E-state index contributed by atoms with van der Waals surface area (Å²) in [6.07, 6.45) is 1.47. The van der Waals surface area contributed by atoms with Gasteiger partial charge >= 0.3 is 6.09 Å². The van der Waals surface area contributed by atoms with Gasteiger partial charge in [0.15, 0.2) is 0 Å². The van der Waals surface area contributed by atoms with Crippen LogP contribution in [0.3, 0.4) is 0 Å². The van der Waals surface area contributed by atoms with Crippen LogP contribution >= 0.6 is 0 Å². The number of aliphatic hydroxyl groups excluding tert-OH is 1. The van der Waals surface area contributed by atoms with Gasteiger partial charge in [-0.25, -0.2) is 9.18 Å². The molecule has 174 valence electrons. The lowest BCUT2D eigenvalue weighted by atomic mass is 10.1. The normalized spacial score (nSPS) is 17.5. The van der Waals surface area contributed by atoms with Crippen molar-refractivity contribution in [3.8, 4) is 5.75 Å². The molecular weight excluding hydrogens is 421 g/mol. The molecule has 1 aromatic carbocycles. The number of hydrogen-bond acceptors (Lipinski definition) is 7. The minimum absolute atomic E-state index is 0.0553. The van der Waals surface area contributed by atoms with E-state index in [1.165, 1.54) is 12.1 Å². The summed E-state index contributed by atoms with van der Waals surface area (Å²) >= 11 is 0. The number of carbonyl (C=O) groups excluding carboxylic acids is 3. The molecule has 2 aliphatic heterocycles. The van der Waals surface area contributed by atoms with E-state index in [2.05, 4.69) is 5.32 Å². The van der Waals surface area contributed by atoms with Crippen molar-refractivity contribution in [2.75, 3.05) is 31.6 Å². The number of para-hydroxylation sites is 1. The first-order valence-electron chi connectivity index (χ1n) is 10.5.